The maximum atomic E-state index is 12.7. The molecule has 4 nitrogen and oxygen atoms in total. The molecule has 1 N–H and O–H groups in total. The number of nitrogens with zero attached hydrogens (tertiary/aromatic N) is 1. The normalized spacial score (nSPS) is 19.8. The number of carbonyl (C=O) groups is 1. The van der Waals surface area contributed by atoms with Gasteiger partial charge in [0.1, 0.15) is 17.5 Å². The third kappa shape index (κ3) is 2.53. The van der Waals surface area contributed by atoms with E-state index in [9.17, 15) is 9.90 Å². The van der Waals surface area contributed by atoms with E-state index < -0.39 is 6.10 Å². The van der Waals surface area contributed by atoms with Crippen LogP contribution in [0.25, 0.3) is 0 Å². The maximum Gasteiger partial charge on any atom is 0.271 e. The number of hydrogen-bond donors (Lipinski definition) is 1. The third-order valence-electron chi connectivity index (χ3n) is 4.01. The molecule has 1 aliphatic heterocycles. The van der Waals surface area contributed by atoms with E-state index in [1.165, 1.54) is 0 Å². The molecule has 2 atom stereocenters. The molecule has 1 amide bonds. The molecule has 0 bridgehead atoms. The number of rotatable bonds is 4. The fourth-order valence-corrected chi connectivity index (χ4v) is 3.70. The largest absolute Gasteiger partial charge is 0.508 e. The Balaban J connectivity index is 1.66. The highest BCUT2D eigenvalue weighted by Crippen LogP contribution is 2.43. The number of amides is 1. The van der Waals surface area contributed by atoms with Crippen molar-refractivity contribution in [3.63, 3.8) is 0 Å². The van der Waals surface area contributed by atoms with Crippen molar-refractivity contribution >= 4 is 22.9 Å². The summed E-state index contributed by atoms with van der Waals surface area (Å²) in [4.78, 5) is 15.5. The van der Waals surface area contributed by atoms with E-state index in [1.807, 2.05) is 47.8 Å². The fraction of sp³-hybridized carbons (Fsp3) is 0.105. The van der Waals surface area contributed by atoms with Gasteiger partial charge in [-0.15, -0.1) is 11.3 Å². The van der Waals surface area contributed by atoms with Crippen LogP contribution >= 0.6 is 11.3 Å². The summed E-state index contributed by atoms with van der Waals surface area (Å²) in [5, 5.41) is 11.5. The predicted octanol–water partition coefficient (Wildman–Crippen LogP) is 3.99. The van der Waals surface area contributed by atoms with Crippen molar-refractivity contribution in [2.24, 2.45) is 0 Å². The number of carbonyl (C=O) groups excluding carboxylic acids is 1. The van der Waals surface area contributed by atoms with Crippen LogP contribution in [0.2, 0.25) is 0 Å². The van der Waals surface area contributed by atoms with E-state index in [0.29, 0.717) is 5.75 Å². The van der Waals surface area contributed by atoms with Gasteiger partial charge in [-0.05, 0) is 47.8 Å². The first kappa shape index (κ1) is 14.8. The van der Waals surface area contributed by atoms with Gasteiger partial charge in [-0.1, -0.05) is 24.3 Å². The quantitative estimate of drug-likeness (QED) is 0.732. The number of para-hydroxylation sites is 1. The van der Waals surface area contributed by atoms with Gasteiger partial charge >= 0.3 is 0 Å². The molecule has 1 fully saturated rings. The monoisotopic (exact) mass is 337 g/mol. The van der Waals surface area contributed by atoms with Gasteiger partial charge in [0.05, 0.1) is 0 Å². The molecule has 2 heterocycles. The van der Waals surface area contributed by atoms with Gasteiger partial charge in [0, 0.05) is 10.6 Å². The number of anilines is 1. The lowest BCUT2D eigenvalue weighted by molar-refractivity contribution is -0.134. The number of β-lactam (4-membered cyclic amide) rings is 1. The van der Waals surface area contributed by atoms with Crippen molar-refractivity contribution in [1.82, 2.24) is 0 Å². The van der Waals surface area contributed by atoms with Crippen molar-refractivity contribution in [3.05, 3.63) is 77.0 Å². The second-order valence-electron chi connectivity index (χ2n) is 5.54. The van der Waals surface area contributed by atoms with Crippen LogP contribution in [-0.2, 0) is 4.79 Å². The van der Waals surface area contributed by atoms with Gasteiger partial charge < -0.3 is 9.84 Å². The second-order valence-corrected chi connectivity index (χ2v) is 6.52. The maximum absolute atomic E-state index is 12.7. The molecule has 1 aromatic heterocycles. The molecule has 24 heavy (non-hydrogen) atoms. The number of hydrogen-bond acceptors (Lipinski definition) is 4. The van der Waals surface area contributed by atoms with Crippen LogP contribution in [-0.4, -0.2) is 17.1 Å². The van der Waals surface area contributed by atoms with Gasteiger partial charge in [-0.3, -0.25) is 9.69 Å². The molecule has 3 aromatic rings. The molecule has 0 aliphatic carbocycles. The predicted molar refractivity (Wildman–Crippen MR) is 93.5 cm³/mol. The van der Waals surface area contributed by atoms with Gasteiger partial charge in [-0.2, -0.15) is 0 Å². The molecule has 0 spiro atoms. The number of aromatic hydroxyl groups is 1. The van der Waals surface area contributed by atoms with E-state index in [1.54, 1.807) is 40.5 Å². The Kier molecular flexibility index (Phi) is 3.70. The number of benzene rings is 2. The van der Waals surface area contributed by atoms with E-state index in [-0.39, 0.29) is 17.7 Å². The van der Waals surface area contributed by atoms with Crippen LogP contribution in [0.15, 0.2) is 72.1 Å². The van der Waals surface area contributed by atoms with Crippen LogP contribution in [0.3, 0.4) is 0 Å². The Labute approximate surface area is 143 Å². The highest BCUT2D eigenvalue weighted by atomic mass is 32.1. The Morgan fingerprint density at radius 1 is 0.958 bits per heavy atom. The van der Waals surface area contributed by atoms with Crippen molar-refractivity contribution in [2.75, 3.05) is 4.90 Å². The van der Waals surface area contributed by atoms with E-state index in [0.717, 1.165) is 10.6 Å². The molecule has 4 rings (SSSR count). The first-order chi connectivity index (χ1) is 11.7. The molecule has 5 heteroatoms. The first-order valence-corrected chi connectivity index (χ1v) is 8.49. The second kappa shape index (κ2) is 6.02. The zero-order valence-corrected chi connectivity index (χ0v) is 13.5. The van der Waals surface area contributed by atoms with Crippen LogP contribution in [0.5, 0.6) is 11.5 Å². The summed E-state index contributed by atoms with van der Waals surface area (Å²) in [6.07, 6.45) is -0.542. The van der Waals surface area contributed by atoms with Crippen molar-refractivity contribution in [2.45, 2.75) is 12.1 Å². The van der Waals surface area contributed by atoms with E-state index in [4.69, 9.17) is 4.74 Å². The lowest BCUT2D eigenvalue weighted by atomic mass is 9.95. The highest BCUT2D eigenvalue weighted by molar-refractivity contribution is 7.10. The Morgan fingerprint density at radius 3 is 2.38 bits per heavy atom. The molecule has 1 aliphatic rings. The van der Waals surface area contributed by atoms with Crippen LogP contribution in [0, 0.1) is 0 Å². The summed E-state index contributed by atoms with van der Waals surface area (Å²) in [6.45, 7) is 0. The Hall–Kier alpha value is -2.79. The zero-order valence-electron chi connectivity index (χ0n) is 12.7. The topological polar surface area (TPSA) is 49.8 Å². The average molecular weight is 337 g/mol. The smallest absolute Gasteiger partial charge is 0.271 e. The summed E-state index contributed by atoms with van der Waals surface area (Å²) < 4.78 is 5.94. The zero-order chi connectivity index (χ0) is 16.5. The van der Waals surface area contributed by atoms with Gasteiger partial charge in [0.25, 0.3) is 5.91 Å². The Morgan fingerprint density at radius 2 is 1.71 bits per heavy atom. The van der Waals surface area contributed by atoms with Crippen LogP contribution in [0.1, 0.15) is 10.9 Å². The number of ether oxygens (including phenoxy) is 1. The minimum Gasteiger partial charge on any atom is -0.508 e. The molecule has 120 valence electrons. The Bertz CT molecular complexity index is 831. The van der Waals surface area contributed by atoms with Crippen molar-refractivity contribution in [3.8, 4) is 11.5 Å². The standard InChI is InChI=1S/C19H15NO3S/c21-14-10-8-13(9-11-14)20-17(16-7-4-12-24-16)18(19(20)22)23-15-5-2-1-3-6-15/h1-12,17-18,21H/t17-,18-/m1/s1. The molecule has 0 unspecified atom stereocenters. The van der Waals surface area contributed by atoms with Gasteiger partial charge in [-0.25, -0.2) is 0 Å². The summed E-state index contributed by atoms with van der Waals surface area (Å²) >= 11 is 1.60. The van der Waals surface area contributed by atoms with Crippen molar-refractivity contribution in [1.29, 1.82) is 0 Å². The molecule has 1 saturated heterocycles. The van der Waals surface area contributed by atoms with Crippen LogP contribution in [0.4, 0.5) is 5.69 Å². The van der Waals surface area contributed by atoms with E-state index in [2.05, 4.69) is 0 Å². The summed E-state index contributed by atoms with van der Waals surface area (Å²) in [7, 11) is 0. The van der Waals surface area contributed by atoms with Crippen molar-refractivity contribution < 1.29 is 14.6 Å². The first-order valence-electron chi connectivity index (χ1n) is 7.61. The lowest BCUT2D eigenvalue weighted by Crippen LogP contribution is -2.61. The van der Waals surface area contributed by atoms with E-state index >= 15 is 0 Å². The van der Waals surface area contributed by atoms with Gasteiger partial charge in [0.2, 0.25) is 6.10 Å². The third-order valence-corrected chi connectivity index (χ3v) is 4.96. The SMILES string of the molecule is O=C1[C@H](Oc2ccccc2)[C@@H](c2cccs2)N1c1ccc(O)cc1. The number of phenolic OH excluding ortho intramolecular Hbond substituents is 1. The number of phenols is 1. The lowest BCUT2D eigenvalue weighted by Gasteiger charge is -2.46. The minimum atomic E-state index is -0.542. The summed E-state index contributed by atoms with van der Waals surface area (Å²) in [6, 6.07) is 19.8. The molecular weight excluding hydrogens is 322 g/mol. The van der Waals surface area contributed by atoms with Crippen LogP contribution < -0.4 is 9.64 Å². The fourth-order valence-electron chi connectivity index (χ4n) is 2.86. The highest BCUT2D eigenvalue weighted by Gasteiger charge is 2.51. The molecular formula is C19H15NO3S. The number of thiophene rings is 1. The summed E-state index contributed by atoms with van der Waals surface area (Å²) in [5.74, 6) is 0.780. The minimum absolute atomic E-state index is 0.0806. The summed E-state index contributed by atoms with van der Waals surface area (Å²) in [5.41, 5.74) is 0.754. The average Bonchev–Trinajstić information content (AvgIpc) is 3.13. The van der Waals surface area contributed by atoms with Gasteiger partial charge in [0.15, 0.2) is 0 Å². The molecule has 0 saturated carbocycles. The molecule has 0 radical (unpaired) electrons. The molecule has 2 aromatic carbocycles.